The fourth-order valence-corrected chi connectivity index (χ4v) is 1.58. The molecule has 0 spiro atoms. The largest absolute Gasteiger partial charge is 0.461 e. The number of carbonyl (C=O) groups is 2. The van der Waals surface area contributed by atoms with Gasteiger partial charge in [-0.25, -0.2) is 9.18 Å². The van der Waals surface area contributed by atoms with Gasteiger partial charge in [0.2, 0.25) is 5.78 Å². The van der Waals surface area contributed by atoms with Gasteiger partial charge >= 0.3 is 11.9 Å². The highest BCUT2D eigenvalue weighted by Crippen LogP contribution is 2.27. The molecule has 1 aromatic rings. The van der Waals surface area contributed by atoms with E-state index in [0.717, 1.165) is 12.1 Å². The molecule has 0 radical (unpaired) electrons. The first-order valence-electron chi connectivity index (χ1n) is 4.85. The standard InChI is InChI=1S/C11H8BrF3O3/c1-2-18-10(17)11(14,15)9(16)7-5-6(13)3-4-8(7)12/h3-5H,2H2,1H3. The highest BCUT2D eigenvalue weighted by Gasteiger charge is 2.49. The zero-order chi connectivity index (χ0) is 13.9. The molecule has 0 fully saturated rings. The van der Waals surface area contributed by atoms with Crippen LogP contribution in [0, 0.1) is 5.82 Å². The zero-order valence-electron chi connectivity index (χ0n) is 9.18. The Hall–Kier alpha value is -1.37. The van der Waals surface area contributed by atoms with Gasteiger partial charge in [0.1, 0.15) is 5.82 Å². The second-order valence-electron chi connectivity index (χ2n) is 3.25. The zero-order valence-corrected chi connectivity index (χ0v) is 10.8. The fraction of sp³-hybridized carbons (Fsp3) is 0.273. The smallest absolute Gasteiger partial charge is 0.404 e. The third kappa shape index (κ3) is 2.90. The van der Waals surface area contributed by atoms with E-state index in [1.54, 1.807) is 0 Å². The van der Waals surface area contributed by atoms with Crippen molar-refractivity contribution in [1.82, 2.24) is 0 Å². The number of rotatable bonds is 4. The highest BCUT2D eigenvalue weighted by atomic mass is 79.9. The molecule has 0 aliphatic carbocycles. The van der Waals surface area contributed by atoms with Crippen molar-refractivity contribution in [3.05, 3.63) is 34.1 Å². The first-order chi connectivity index (χ1) is 8.30. The first kappa shape index (κ1) is 14.7. The van der Waals surface area contributed by atoms with Crippen molar-refractivity contribution in [2.75, 3.05) is 6.61 Å². The number of alkyl halides is 2. The van der Waals surface area contributed by atoms with Crippen LogP contribution in [-0.2, 0) is 9.53 Å². The highest BCUT2D eigenvalue weighted by molar-refractivity contribution is 9.10. The number of Topliss-reactive ketones (excluding diaryl/α,β-unsaturated/α-hetero) is 1. The monoisotopic (exact) mass is 324 g/mol. The molecule has 0 aliphatic rings. The van der Waals surface area contributed by atoms with Crippen LogP contribution in [0.3, 0.4) is 0 Å². The van der Waals surface area contributed by atoms with Crippen LogP contribution in [0.1, 0.15) is 17.3 Å². The van der Waals surface area contributed by atoms with Gasteiger partial charge in [-0.15, -0.1) is 0 Å². The second-order valence-corrected chi connectivity index (χ2v) is 4.10. The number of benzene rings is 1. The third-order valence-corrected chi connectivity index (χ3v) is 2.68. The maximum Gasteiger partial charge on any atom is 0.404 e. The average molecular weight is 325 g/mol. The van der Waals surface area contributed by atoms with Crippen LogP contribution >= 0.6 is 15.9 Å². The summed E-state index contributed by atoms with van der Waals surface area (Å²) in [4.78, 5) is 22.5. The van der Waals surface area contributed by atoms with E-state index in [-0.39, 0.29) is 11.1 Å². The van der Waals surface area contributed by atoms with E-state index in [1.165, 1.54) is 6.92 Å². The summed E-state index contributed by atoms with van der Waals surface area (Å²) in [5.41, 5.74) is -0.618. The molecule has 0 aliphatic heterocycles. The lowest BCUT2D eigenvalue weighted by atomic mass is 10.1. The topological polar surface area (TPSA) is 43.4 Å². The number of ether oxygens (including phenoxy) is 1. The minimum absolute atomic E-state index is 0.0297. The van der Waals surface area contributed by atoms with Gasteiger partial charge in [0.05, 0.1) is 6.61 Å². The van der Waals surface area contributed by atoms with Crippen molar-refractivity contribution in [3.63, 3.8) is 0 Å². The Labute approximate surface area is 109 Å². The van der Waals surface area contributed by atoms with E-state index < -0.39 is 29.1 Å². The normalized spacial score (nSPS) is 11.2. The summed E-state index contributed by atoms with van der Waals surface area (Å²) in [5.74, 6) is -8.97. The molecule has 0 aromatic heterocycles. The fourth-order valence-electron chi connectivity index (χ4n) is 1.16. The van der Waals surface area contributed by atoms with Crippen LogP contribution in [0.15, 0.2) is 22.7 Å². The molecule has 3 nitrogen and oxygen atoms in total. The van der Waals surface area contributed by atoms with Crippen LogP contribution in [-0.4, -0.2) is 24.3 Å². The molecule has 0 unspecified atom stereocenters. The number of hydrogen-bond donors (Lipinski definition) is 0. The number of esters is 1. The Morgan fingerprint density at radius 2 is 2.00 bits per heavy atom. The van der Waals surface area contributed by atoms with Crippen molar-refractivity contribution in [3.8, 4) is 0 Å². The molecule has 0 saturated carbocycles. The van der Waals surface area contributed by atoms with Gasteiger partial charge in [-0.05, 0) is 25.1 Å². The van der Waals surface area contributed by atoms with Crippen molar-refractivity contribution in [2.45, 2.75) is 12.8 Å². The summed E-state index contributed by atoms with van der Waals surface area (Å²) < 4.78 is 43.8. The molecule has 0 heterocycles. The van der Waals surface area contributed by atoms with Crippen LogP contribution in [0.2, 0.25) is 0 Å². The predicted octanol–water partition coefficient (Wildman–Crippen LogP) is 2.97. The van der Waals surface area contributed by atoms with Crippen molar-refractivity contribution in [1.29, 1.82) is 0 Å². The minimum Gasteiger partial charge on any atom is -0.461 e. The molecule has 7 heteroatoms. The molecule has 0 atom stereocenters. The Morgan fingerprint density at radius 1 is 1.39 bits per heavy atom. The van der Waals surface area contributed by atoms with Crippen LogP contribution in [0.25, 0.3) is 0 Å². The summed E-state index contributed by atoms with van der Waals surface area (Å²) in [6.07, 6.45) is 0. The Morgan fingerprint density at radius 3 is 2.56 bits per heavy atom. The Bertz CT molecular complexity index is 488. The lowest BCUT2D eigenvalue weighted by molar-refractivity contribution is -0.164. The molecule has 0 amide bonds. The van der Waals surface area contributed by atoms with Crippen molar-refractivity contribution >= 4 is 27.7 Å². The summed E-state index contributed by atoms with van der Waals surface area (Å²) in [5, 5.41) is 0. The summed E-state index contributed by atoms with van der Waals surface area (Å²) in [7, 11) is 0. The van der Waals surface area contributed by atoms with Gasteiger partial charge < -0.3 is 4.74 Å². The molecule has 18 heavy (non-hydrogen) atoms. The van der Waals surface area contributed by atoms with E-state index in [2.05, 4.69) is 20.7 Å². The van der Waals surface area contributed by atoms with Crippen LogP contribution in [0.4, 0.5) is 13.2 Å². The van der Waals surface area contributed by atoms with E-state index in [0.29, 0.717) is 6.07 Å². The molecule has 0 bridgehead atoms. The number of ketones is 1. The third-order valence-electron chi connectivity index (χ3n) is 1.99. The summed E-state index contributed by atoms with van der Waals surface area (Å²) >= 11 is 2.84. The van der Waals surface area contributed by atoms with E-state index in [4.69, 9.17) is 0 Å². The average Bonchev–Trinajstić information content (AvgIpc) is 2.31. The molecular formula is C11H8BrF3O3. The molecule has 1 aromatic carbocycles. The maximum atomic E-state index is 13.4. The first-order valence-corrected chi connectivity index (χ1v) is 5.65. The van der Waals surface area contributed by atoms with Gasteiger partial charge in [-0.3, -0.25) is 4.79 Å². The minimum atomic E-state index is -4.34. The van der Waals surface area contributed by atoms with Gasteiger partial charge in [-0.1, -0.05) is 15.9 Å². The van der Waals surface area contributed by atoms with Crippen LogP contribution < -0.4 is 0 Å². The lowest BCUT2D eigenvalue weighted by Crippen LogP contribution is -2.39. The summed E-state index contributed by atoms with van der Waals surface area (Å²) in [6, 6.07) is 2.72. The quantitative estimate of drug-likeness (QED) is 0.486. The van der Waals surface area contributed by atoms with Gasteiger partial charge in [0.25, 0.3) is 0 Å². The Balaban J connectivity index is 3.13. The lowest BCUT2D eigenvalue weighted by Gasteiger charge is -2.14. The Kier molecular flexibility index (Phi) is 4.50. The predicted molar refractivity (Wildman–Crippen MR) is 60.0 cm³/mol. The molecular weight excluding hydrogens is 317 g/mol. The molecule has 1 rings (SSSR count). The number of halogens is 4. The number of carbonyl (C=O) groups excluding carboxylic acids is 2. The van der Waals surface area contributed by atoms with Crippen LogP contribution in [0.5, 0.6) is 0 Å². The van der Waals surface area contributed by atoms with Crippen molar-refractivity contribution in [2.24, 2.45) is 0 Å². The van der Waals surface area contributed by atoms with Gasteiger partial charge in [0, 0.05) is 10.0 Å². The molecule has 0 N–H and O–H groups in total. The molecule has 0 saturated heterocycles. The van der Waals surface area contributed by atoms with E-state index in [9.17, 15) is 22.8 Å². The second kappa shape index (κ2) is 5.51. The molecule has 98 valence electrons. The van der Waals surface area contributed by atoms with Gasteiger partial charge in [-0.2, -0.15) is 8.78 Å². The van der Waals surface area contributed by atoms with E-state index in [1.807, 2.05) is 0 Å². The van der Waals surface area contributed by atoms with E-state index >= 15 is 0 Å². The van der Waals surface area contributed by atoms with Gasteiger partial charge in [0.15, 0.2) is 0 Å². The van der Waals surface area contributed by atoms with Crippen molar-refractivity contribution < 1.29 is 27.5 Å². The maximum absolute atomic E-state index is 13.4. The number of hydrogen-bond acceptors (Lipinski definition) is 3. The summed E-state index contributed by atoms with van der Waals surface area (Å²) in [6.45, 7) is 1.04. The SMILES string of the molecule is CCOC(=O)C(F)(F)C(=O)c1cc(F)ccc1Br.